The first-order chi connectivity index (χ1) is 6.20. The van der Waals surface area contributed by atoms with Crippen molar-refractivity contribution in [3.05, 3.63) is 34.9 Å². The van der Waals surface area contributed by atoms with Gasteiger partial charge < -0.3 is 15.0 Å². The smallest absolute Gasteiger partial charge is 0.545 e. The number of carboxylic acids is 1. The zero-order valence-electron chi connectivity index (χ0n) is 7.99. The summed E-state index contributed by atoms with van der Waals surface area (Å²) in [6.07, 6.45) is 0.723. The molecule has 0 aliphatic heterocycles. The molecule has 14 heavy (non-hydrogen) atoms. The first-order valence-corrected chi connectivity index (χ1v) is 4.21. The van der Waals surface area contributed by atoms with Crippen LogP contribution in [0.25, 0.3) is 0 Å². The van der Waals surface area contributed by atoms with Crippen molar-refractivity contribution in [2.75, 3.05) is 0 Å². The molecule has 0 aromatic heterocycles. The number of rotatable bonds is 1. The molecule has 68 valence electrons. The van der Waals surface area contributed by atoms with E-state index < -0.39 is 12.1 Å². The summed E-state index contributed by atoms with van der Waals surface area (Å²) in [6, 6.07) is 5.00. The first-order valence-electron chi connectivity index (χ1n) is 4.21. The van der Waals surface area contributed by atoms with Crippen molar-refractivity contribution in [1.82, 2.24) is 0 Å². The van der Waals surface area contributed by atoms with E-state index in [-0.39, 0.29) is 24.4 Å². The van der Waals surface area contributed by atoms with E-state index in [1.54, 1.807) is 6.07 Å². The number of carboxylic acid groups (broad SMARTS) is 1. The van der Waals surface area contributed by atoms with E-state index in [4.69, 9.17) is 0 Å². The molecular weight excluding hydrogens is 175 g/mol. The Morgan fingerprint density at radius 1 is 1.50 bits per heavy atom. The van der Waals surface area contributed by atoms with Crippen LogP contribution in [0.4, 0.5) is 0 Å². The maximum absolute atomic E-state index is 10.7. The average Bonchev–Trinajstić information content (AvgIpc) is 2.48. The summed E-state index contributed by atoms with van der Waals surface area (Å²) in [4.78, 5) is 10.7. The van der Waals surface area contributed by atoms with Crippen molar-refractivity contribution in [1.29, 1.82) is 0 Å². The Kier molecular flexibility index (Phi) is 3.38. The van der Waals surface area contributed by atoms with Gasteiger partial charge in [-0.15, -0.1) is 0 Å². The monoisotopic (exact) mass is 184 g/mol. The molecule has 0 bridgehead atoms. The summed E-state index contributed by atoms with van der Waals surface area (Å²) in [5.74, 6) is -1.21. The van der Waals surface area contributed by atoms with E-state index in [0.29, 0.717) is 12.0 Å². The largest absolute Gasteiger partial charge is 1.00 e. The molecule has 0 saturated carbocycles. The number of aromatic carboxylic acids is 1. The quantitative estimate of drug-likeness (QED) is 0.474. The second-order valence-electron chi connectivity index (χ2n) is 3.22. The standard InChI is InChI=1S/C10H10O3.Li/c11-8-5-4-6-2-1-3-7(9(6)8)10(12)13;/h1-3,8,11H,4-5H2,(H,12,13);/q;+1/p-1. The third kappa shape index (κ3) is 1.71. The molecule has 0 amide bonds. The van der Waals surface area contributed by atoms with Crippen LogP contribution in [-0.2, 0) is 6.42 Å². The summed E-state index contributed by atoms with van der Waals surface area (Å²) in [5.41, 5.74) is 1.60. The van der Waals surface area contributed by atoms with Gasteiger partial charge in [0, 0.05) is 5.56 Å². The molecule has 0 heterocycles. The summed E-state index contributed by atoms with van der Waals surface area (Å²) in [5, 5.41) is 20.2. The third-order valence-corrected chi connectivity index (χ3v) is 2.44. The van der Waals surface area contributed by atoms with Crippen LogP contribution < -0.4 is 24.0 Å². The van der Waals surface area contributed by atoms with E-state index in [9.17, 15) is 15.0 Å². The van der Waals surface area contributed by atoms with Gasteiger partial charge in [0.05, 0.1) is 12.1 Å². The Morgan fingerprint density at radius 3 is 2.86 bits per heavy atom. The van der Waals surface area contributed by atoms with Gasteiger partial charge in [-0.05, 0) is 24.0 Å². The van der Waals surface area contributed by atoms with Gasteiger partial charge in [0.25, 0.3) is 0 Å². The molecule has 1 aliphatic carbocycles. The summed E-state index contributed by atoms with van der Waals surface area (Å²) < 4.78 is 0. The minimum Gasteiger partial charge on any atom is -0.545 e. The van der Waals surface area contributed by atoms with Gasteiger partial charge in [-0.25, -0.2) is 0 Å². The van der Waals surface area contributed by atoms with Crippen molar-refractivity contribution in [3.63, 3.8) is 0 Å². The summed E-state index contributed by atoms with van der Waals surface area (Å²) in [7, 11) is 0. The Hall–Kier alpha value is -0.753. The van der Waals surface area contributed by atoms with Gasteiger partial charge >= 0.3 is 18.9 Å². The number of hydrogen-bond acceptors (Lipinski definition) is 3. The van der Waals surface area contributed by atoms with Crippen LogP contribution in [0.3, 0.4) is 0 Å². The molecule has 1 unspecified atom stereocenters. The molecule has 0 saturated heterocycles. The van der Waals surface area contributed by atoms with Crippen LogP contribution in [0.2, 0.25) is 0 Å². The molecule has 1 aromatic carbocycles. The summed E-state index contributed by atoms with van der Waals surface area (Å²) >= 11 is 0. The fourth-order valence-corrected chi connectivity index (χ4v) is 1.84. The molecule has 0 spiro atoms. The van der Waals surface area contributed by atoms with Crippen molar-refractivity contribution < 1.29 is 33.9 Å². The fourth-order valence-electron chi connectivity index (χ4n) is 1.84. The zero-order chi connectivity index (χ0) is 9.42. The summed E-state index contributed by atoms with van der Waals surface area (Å²) in [6.45, 7) is 0. The molecule has 3 nitrogen and oxygen atoms in total. The number of aliphatic hydroxyl groups excluding tert-OH is 1. The van der Waals surface area contributed by atoms with E-state index in [1.807, 2.05) is 6.07 Å². The van der Waals surface area contributed by atoms with Crippen molar-refractivity contribution in [2.45, 2.75) is 18.9 Å². The SMILES string of the molecule is O=C([O-])c1cccc2c1C(O)CC2.[Li+]. The number of carbonyl (C=O) groups is 1. The minimum atomic E-state index is -1.21. The van der Waals surface area contributed by atoms with Gasteiger partial charge in [0.1, 0.15) is 0 Å². The van der Waals surface area contributed by atoms with Crippen LogP contribution in [0.15, 0.2) is 18.2 Å². The van der Waals surface area contributed by atoms with Crippen molar-refractivity contribution in [3.8, 4) is 0 Å². The number of fused-ring (bicyclic) bond motifs is 1. The van der Waals surface area contributed by atoms with Crippen LogP contribution in [0, 0.1) is 0 Å². The number of hydrogen-bond donors (Lipinski definition) is 1. The molecule has 1 atom stereocenters. The molecular formula is C10H9LiO3. The predicted octanol–water partition coefficient (Wildman–Crippen LogP) is -2.97. The number of aliphatic hydroxyl groups is 1. The van der Waals surface area contributed by atoms with Gasteiger partial charge in [-0.1, -0.05) is 18.2 Å². The van der Waals surface area contributed by atoms with Crippen molar-refractivity contribution >= 4 is 5.97 Å². The van der Waals surface area contributed by atoms with Crippen LogP contribution in [0.1, 0.15) is 34.0 Å². The normalized spacial score (nSPS) is 18.5. The van der Waals surface area contributed by atoms with Gasteiger partial charge in [-0.2, -0.15) is 0 Å². The molecule has 1 aliphatic rings. The maximum atomic E-state index is 10.7. The van der Waals surface area contributed by atoms with Crippen LogP contribution >= 0.6 is 0 Å². The number of benzene rings is 1. The number of carbonyl (C=O) groups excluding carboxylic acids is 1. The Balaban J connectivity index is 0.000000980. The Morgan fingerprint density at radius 2 is 2.21 bits per heavy atom. The maximum Gasteiger partial charge on any atom is 1.00 e. The van der Waals surface area contributed by atoms with Gasteiger partial charge in [0.15, 0.2) is 0 Å². The molecule has 2 rings (SSSR count). The Labute approximate surface area is 93.9 Å². The number of aryl methyl sites for hydroxylation is 1. The molecule has 0 radical (unpaired) electrons. The molecule has 0 fully saturated rings. The minimum absolute atomic E-state index is 0. The second kappa shape index (κ2) is 4.18. The fraction of sp³-hybridized carbons (Fsp3) is 0.300. The van der Waals surface area contributed by atoms with Crippen LogP contribution in [0.5, 0.6) is 0 Å². The van der Waals surface area contributed by atoms with E-state index in [2.05, 4.69) is 0 Å². The van der Waals surface area contributed by atoms with Gasteiger partial charge in [0.2, 0.25) is 0 Å². The molecule has 4 heteroatoms. The Bertz CT molecular complexity index is 362. The molecule has 1 aromatic rings. The van der Waals surface area contributed by atoms with E-state index in [1.165, 1.54) is 6.07 Å². The zero-order valence-corrected chi connectivity index (χ0v) is 7.99. The molecule has 1 N–H and O–H groups in total. The predicted molar refractivity (Wildman–Crippen MR) is 44.1 cm³/mol. The van der Waals surface area contributed by atoms with Crippen molar-refractivity contribution in [2.24, 2.45) is 0 Å². The second-order valence-corrected chi connectivity index (χ2v) is 3.22. The van der Waals surface area contributed by atoms with Gasteiger partial charge in [-0.3, -0.25) is 0 Å². The average molecular weight is 184 g/mol. The topological polar surface area (TPSA) is 60.4 Å². The first kappa shape index (κ1) is 11.3. The third-order valence-electron chi connectivity index (χ3n) is 2.44. The van der Waals surface area contributed by atoms with E-state index in [0.717, 1.165) is 12.0 Å². The van der Waals surface area contributed by atoms with Crippen LogP contribution in [-0.4, -0.2) is 11.1 Å². The van der Waals surface area contributed by atoms with E-state index >= 15 is 0 Å².